The van der Waals surface area contributed by atoms with E-state index >= 15 is 0 Å². The van der Waals surface area contributed by atoms with Gasteiger partial charge in [0.05, 0.1) is 26.2 Å². The van der Waals surface area contributed by atoms with Crippen molar-refractivity contribution >= 4 is 5.97 Å². The summed E-state index contributed by atoms with van der Waals surface area (Å²) >= 11 is 0. The fraction of sp³-hybridized carbons (Fsp3) is 0.875. The van der Waals surface area contributed by atoms with Crippen LogP contribution in [0.2, 0.25) is 0 Å². The fourth-order valence-electron chi connectivity index (χ4n) is 1.06. The van der Waals surface area contributed by atoms with Gasteiger partial charge in [0, 0.05) is 5.41 Å². The molecule has 1 aliphatic rings. The van der Waals surface area contributed by atoms with Crippen molar-refractivity contribution in [3.63, 3.8) is 0 Å². The zero-order valence-corrected chi connectivity index (χ0v) is 7.22. The molecular weight excluding hydrogens is 144 g/mol. The van der Waals surface area contributed by atoms with Crippen molar-refractivity contribution in [2.45, 2.75) is 26.4 Å². The van der Waals surface area contributed by atoms with Crippen LogP contribution in [0.5, 0.6) is 0 Å². The van der Waals surface area contributed by atoms with Crippen molar-refractivity contribution in [1.29, 1.82) is 0 Å². The number of epoxide rings is 1. The first-order valence-electron chi connectivity index (χ1n) is 3.74. The van der Waals surface area contributed by atoms with E-state index in [0.29, 0.717) is 6.42 Å². The van der Waals surface area contributed by atoms with E-state index in [-0.39, 0.29) is 17.5 Å². The average molecular weight is 158 g/mol. The predicted molar refractivity (Wildman–Crippen MR) is 40.2 cm³/mol. The van der Waals surface area contributed by atoms with Gasteiger partial charge in [-0.2, -0.15) is 0 Å². The molecule has 0 amide bonds. The second-order valence-corrected chi connectivity index (χ2v) is 3.56. The Hall–Kier alpha value is -0.570. The van der Waals surface area contributed by atoms with E-state index in [0.717, 1.165) is 6.61 Å². The van der Waals surface area contributed by atoms with Gasteiger partial charge in [-0.3, -0.25) is 4.79 Å². The van der Waals surface area contributed by atoms with E-state index in [1.807, 2.05) is 13.8 Å². The van der Waals surface area contributed by atoms with Gasteiger partial charge in [0.15, 0.2) is 0 Å². The maximum absolute atomic E-state index is 10.9. The van der Waals surface area contributed by atoms with Crippen molar-refractivity contribution < 1.29 is 14.3 Å². The Morgan fingerprint density at radius 1 is 1.73 bits per heavy atom. The van der Waals surface area contributed by atoms with E-state index < -0.39 is 0 Å². The second-order valence-electron chi connectivity index (χ2n) is 3.56. The van der Waals surface area contributed by atoms with Gasteiger partial charge in [-0.1, -0.05) is 13.8 Å². The Labute approximate surface area is 66.7 Å². The molecule has 1 heterocycles. The number of rotatable bonds is 3. The summed E-state index contributed by atoms with van der Waals surface area (Å²) in [5.41, 5.74) is -0.0624. The lowest BCUT2D eigenvalue weighted by molar-refractivity contribution is -0.143. The van der Waals surface area contributed by atoms with Crippen LogP contribution in [-0.4, -0.2) is 25.8 Å². The van der Waals surface area contributed by atoms with Gasteiger partial charge in [-0.15, -0.1) is 0 Å². The smallest absolute Gasteiger partial charge is 0.306 e. The molecule has 1 saturated heterocycles. The molecule has 1 unspecified atom stereocenters. The average Bonchev–Trinajstić information content (AvgIpc) is 2.66. The first-order chi connectivity index (χ1) is 5.06. The summed E-state index contributed by atoms with van der Waals surface area (Å²) in [6, 6.07) is 0. The summed E-state index contributed by atoms with van der Waals surface area (Å²) in [4.78, 5) is 10.9. The lowest BCUT2D eigenvalue weighted by Gasteiger charge is -2.19. The molecule has 0 N–H and O–H groups in total. The minimum Gasteiger partial charge on any atom is -0.469 e. The third kappa shape index (κ3) is 2.19. The topological polar surface area (TPSA) is 38.8 Å². The van der Waals surface area contributed by atoms with Gasteiger partial charge in [0.1, 0.15) is 0 Å². The Morgan fingerprint density at radius 2 is 2.27 bits per heavy atom. The largest absolute Gasteiger partial charge is 0.469 e. The van der Waals surface area contributed by atoms with E-state index in [2.05, 4.69) is 4.74 Å². The molecule has 1 rings (SSSR count). The van der Waals surface area contributed by atoms with Crippen LogP contribution in [0.3, 0.4) is 0 Å². The summed E-state index contributed by atoms with van der Waals surface area (Å²) < 4.78 is 9.68. The summed E-state index contributed by atoms with van der Waals surface area (Å²) in [6.45, 7) is 4.81. The molecule has 0 spiro atoms. The number of ether oxygens (including phenoxy) is 2. The molecule has 11 heavy (non-hydrogen) atoms. The SMILES string of the molecule is COC(=O)CC(C)(C)C1CO1. The van der Waals surface area contributed by atoms with Crippen LogP contribution in [0.1, 0.15) is 20.3 Å². The van der Waals surface area contributed by atoms with Crippen LogP contribution in [0.25, 0.3) is 0 Å². The molecule has 1 aliphatic heterocycles. The quantitative estimate of drug-likeness (QED) is 0.454. The zero-order chi connectivity index (χ0) is 8.48. The maximum atomic E-state index is 10.9. The van der Waals surface area contributed by atoms with Crippen LogP contribution in [0, 0.1) is 5.41 Å². The highest BCUT2D eigenvalue weighted by Crippen LogP contribution is 2.35. The summed E-state index contributed by atoms with van der Waals surface area (Å²) in [5.74, 6) is -0.162. The Morgan fingerprint density at radius 3 is 2.64 bits per heavy atom. The minimum atomic E-state index is -0.162. The third-order valence-corrected chi connectivity index (χ3v) is 2.03. The molecular formula is C8H14O3. The molecule has 1 atom stereocenters. The van der Waals surface area contributed by atoms with Crippen LogP contribution < -0.4 is 0 Å². The number of hydrogen-bond acceptors (Lipinski definition) is 3. The second kappa shape index (κ2) is 2.81. The van der Waals surface area contributed by atoms with E-state index in [4.69, 9.17) is 4.74 Å². The molecule has 0 saturated carbocycles. The molecule has 0 aromatic rings. The molecule has 0 bridgehead atoms. The van der Waals surface area contributed by atoms with Crippen molar-refractivity contribution in [2.75, 3.05) is 13.7 Å². The highest BCUT2D eigenvalue weighted by Gasteiger charge is 2.41. The van der Waals surface area contributed by atoms with Gasteiger partial charge < -0.3 is 9.47 Å². The highest BCUT2D eigenvalue weighted by molar-refractivity contribution is 5.70. The van der Waals surface area contributed by atoms with Gasteiger partial charge in [-0.05, 0) is 0 Å². The third-order valence-electron chi connectivity index (χ3n) is 2.03. The summed E-state index contributed by atoms with van der Waals surface area (Å²) in [7, 11) is 1.41. The lowest BCUT2D eigenvalue weighted by atomic mass is 9.86. The zero-order valence-electron chi connectivity index (χ0n) is 7.22. The molecule has 0 aromatic heterocycles. The molecule has 0 radical (unpaired) electrons. The van der Waals surface area contributed by atoms with Gasteiger partial charge in [0.2, 0.25) is 0 Å². The normalized spacial score (nSPS) is 23.0. The monoisotopic (exact) mass is 158 g/mol. The maximum Gasteiger partial charge on any atom is 0.306 e. The highest BCUT2D eigenvalue weighted by atomic mass is 16.6. The van der Waals surface area contributed by atoms with E-state index in [1.54, 1.807) is 0 Å². The number of carbonyl (C=O) groups is 1. The van der Waals surface area contributed by atoms with Crippen LogP contribution in [0.15, 0.2) is 0 Å². The number of carbonyl (C=O) groups excluding carboxylic acids is 1. The standard InChI is InChI=1S/C8H14O3/c1-8(2,6-5-11-6)4-7(9)10-3/h6H,4-5H2,1-3H3. The van der Waals surface area contributed by atoms with Gasteiger partial charge in [0.25, 0.3) is 0 Å². The number of methoxy groups -OCH3 is 1. The molecule has 3 heteroatoms. The first-order valence-corrected chi connectivity index (χ1v) is 3.74. The first kappa shape index (κ1) is 8.53. The lowest BCUT2D eigenvalue weighted by Crippen LogP contribution is -2.23. The van der Waals surface area contributed by atoms with Crippen LogP contribution >= 0.6 is 0 Å². The Balaban J connectivity index is 2.38. The number of esters is 1. The van der Waals surface area contributed by atoms with Crippen molar-refractivity contribution in [3.8, 4) is 0 Å². The van der Waals surface area contributed by atoms with Crippen molar-refractivity contribution in [1.82, 2.24) is 0 Å². The van der Waals surface area contributed by atoms with Gasteiger partial charge in [-0.25, -0.2) is 0 Å². The molecule has 3 nitrogen and oxygen atoms in total. The number of hydrogen-bond donors (Lipinski definition) is 0. The minimum absolute atomic E-state index is 0.0624. The predicted octanol–water partition coefficient (Wildman–Crippen LogP) is 0.974. The molecule has 0 aromatic carbocycles. The van der Waals surface area contributed by atoms with Gasteiger partial charge >= 0.3 is 5.97 Å². The summed E-state index contributed by atoms with van der Waals surface area (Å²) in [5, 5.41) is 0. The van der Waals surface area contributed by atoms with Crippen molar-refractivity contribution in [3.05, 3.63) is 0 Å². The van der Waals surface area contributed by atoms with E-state index in [1.165, 1.54) is 7.11 Å². The fourth-order valence-corrected chi connectivity index (χ4v) is 1.06. The van der Waals surface area contributed by atoms with Crippen molar-refractivity contribution in [2.24, 2.45) is 5.41 Å². The Bertz CT molecular complexity index is 159. The summed E-state index contributed by atoms with van der Waals surface area (Å²) in [6.07, 6.45) is 0.690. The van der Waals surface area contributed by atoms with E-state index in [9.17, 15) is 4.79 Å². The Kier molecular flexibility index (Phi) is 2.18. The molecule has 64 valence electrons. The van der Waals surface area contributed by atoms with Crippen LogP contribution in [0.4, 0.5) is 0 Å². The molecule has 1 fully saturated rings. The van der Waals surface area contributed by atoms with Crippen LogP contribution in [-0.2, 0) is 14.3 Å². The molecule has 0 aliphatic carbocycles.